The number of hydrogen-bond donors (Lipinski definition) is 0. The van der Waals surface area contributed by atoms with Gasteiger partial charge in [-0.25, -0.2) is 0 Å². The summed E-state index contributed by atoms with van der Waals surface area (Å²) in [6.07, 6.45) is 7.41. The van der Waals surface area contributed by atoms with Crippen LogP contribution in [0.25, 0.3) is 0 Å². The van der Waals surface area contributed by atoms with Gasteiger partial charge in [-0.2, -0.15) is 0 Å². The second-order valence-corrected chi connectivity index (χ2v) is 8.26. The number of nitrogens with zero attached hydrogens (tertiary/aromatic N) is 2. The van der Waals surface area contributed by atoms with Crippen LogP contribution in [0, 0.1) is 5.41 Å². The number of anilines is 2. The van der Waals surface area contributed by atoms with Gasteiger partial charge in [0.2, 0.25) is 5.91 Å². The van der Waals surface area contributed by atoms with Crippen LogP contribution >= 0.6 is 0 Å². The highest BCUT2D eigenvalue weighted by Crippen LogP contribution is 2.38. The molecule has 0 saturated heterocycles. The summed E-state index contributed by atoms with van der Waals surface area (Å²) in [5, 5.41) is 0. The largest absolute Gasteiger partial charge is 0.358 e. The Kier molecular flexibility index (Phi) is 4.65. The summed E-state index contributed by atoms with van der Waals surface area (Å²) in [7, 11) is 0. The van der Waals surface area contributed by atoms with Gasteiger partial charge in [0.1, 0.15) is 0 Å². The zero-order chi connectivity index (χ0) is 16.4. The third-order valence-corrected chi connectivity index (χ3v) is 5.19. The third kappa shape index (κ3) is 3.70. The van der Waals surface area contributed by atoms with E-state index in [0.717, 1.165) is 18.7 Å². The molecule has 1 aromatic rings. The van der Waals surface area contributed by atoms with E-state index >= 15 is 0 Å². The van der Waals surface area contributed by atoms with Crippen molar-refractivity contribution < 1.29 is 4.79 Å². The lowest BCUT2D eigenvalue weighted by atomic mass is 9.91. The third-order valence-electron chi connectivity index (χ3n) is 5.19. The molecule has 3 heteroatoms. The molecule has 1 heterocycles. The number of amides is 1. The van der Waals surface area contributed by atoms with E-state index in [4.69, 9.17) is 0 Å². The summed E-state index contributed by atoms with van der Waals surface area (Å²) in [5.41, 5.74) is 2.61. The summed E-state index contributed by atoms with van der Waals surface area (Å²) < 4.78 is 0. The molecule has 0 spiro atoms. The van der Waals surface area contributed by atoms with Crippen LogP contribution in [0.15, 0.2) is 24.3 Å². The highest BCUT2D eigenvalue weighted by molar-refractivity contribution is 6.03. The maximum absolute atomic E-state index is 12.8. The highest BCUT2D eigenvalue weighted by atomic mass is 16.2. The number of benzene rings is 1. The molecule has 0 unspecified atom stereocenters. The highest BCUT2D eigenvalue weighted by Gasteiger charge is 2.33. The maximum atomic E-state index is 12.8. The van der Waals surface area contributed by atoms with Crippen LogP contribution in [0.3, 0.4) is 0 Å². The van der Waals surface area contributed by atoms with Gasteiger partial charge in [0.05, 0.1) is 17.9 Å². The Hall–Kier alpha value is -1.51. The first-order valence-electron chi connectivity index (χ1n) is 9.12. The number of para-hydroxylation sites is 2. The zero-order valence-electron chi connectivity index (χ0n) is 14.8. The first-order valence-corrected chi connectivity index (χ1v) is 9.12. The molecule has 1 fully saturated rings. The average molecular weight is 314 g/mol. The molecule has 126 valence electrons. The van der Waals surface area contributed by atoms with Crippen molar-refractivity contribution >= 4 is 17.3 Å². The van der Waals surface area contributed by atoms with Crippen LogP contribution in [0.4, 0.5) is 11.4 Å². The molecular weight excluding hydrogens is 284 g/mol. The predicted molar refractivity (Wildman–Crippen MR) is 97.1 cm³/mol. The van der Waals surface area contributed by atoms with Gasteiger partial charge in [-0.05, 0) is 36.8 Å². The Morgan fingerprint density at radius 3 is 2.35 bits per heavy atom. The average Bonchev–Trinajstić information content (AvgIpc) is 2.53. The molecule has 0 atom stereocenters. The Balaban J connectivity index is 1.85. The van der Waals surface area contributed by atoms with Gasteiger partial charge >= 0.3 is 0 Å². The molecule has 1 aliphatic heterocycles. The van der Waals surface area contributed by atoms with Crippen molar-refractivity contribution in [2.75, 3.05) is 22.9 Å². The summed E-state index contributed by atoms with van der Waals surface area (Å²) in [6, 6.07) is 9.01. The van der Waals surface area contributed by atoms with Gasteiger partial charge in [-0.15, -0.1) is 0 Å². The van der Waals surface area contributed by atoms with E-state index in [1.54, 1.807) is 0 Å². The molecule has 1 amide bonds. The van der Waals surface area contributed by atoms with Crippen LogP contribution in [-0.2, 0) is 4.79 Å². The molecule has 1 saturated carbocycles. The van der Waals surface area contributed by atoms with Crippen molar-refractivity contribution in [1.29, 1.82) is 0 Å². The molecule has 3 nitrogen and oxygen atoms in total. The molecule has 3 rings (SSSR count). The van der Waals surface area contributed by atoms with E-state index in [1.807, 2.05) is 4.90 Å². The lowest BCUT2D eigenvalue weighted by molar-refractivity contribution is -0.117. The first kappa shape index (κ1) is 16.4. The number of fused-ring (bicyclic) bond motifs is 1. The zero-order valence-corrected chi connectivity index (χ0v) is 14.8. The molecule has 0 N–H and O–H groups in total. The van der Waals surface area contributed by atoms with Gasteiger partial charge in [0.25, 0.3) is 0 Å². The Labute approximate surface area is 140 Å². The summed E-state index contributed by atoms with van der Waals surface area (Å²) in [4.78, 5) is 17.2. The fourth-order valence-corrected chi connectivity index (χ4v) is 3.80. The van der Waals surface area contributed by atoms with Gasteiger partial charge in [-0.3, -0.25) is 4.79 Å². The molecule has 1 aromatic carbocycles. The van der Waals surface area contributed by atoms with Crippen LogP contribution in [0.5, 0.6) is 0 Å². The summed E-state index contributed by atoms with van der Waals surface area (Å²) >= 11 is 0. The number of rotatable bonds is 3. The van der Waals surface area contributed by atoms with Crippen molar-refractivity contribution in [1.82, 2.24) is 0 Å². The monoisotopic (exact) mass is 314 g/mol. The van der Waals surface area contributed by atoms with Gasteiger partial charge in [0.15, 0.2) is 0 Å². The second kappa shape index (κ2) is 6.54. The Morgan fingerprint density at radius 2 is 1.70 bits per heavy atom. The van der Waals surface area contributed by atoms with Crippen molar-refractivity contribution in [3.05, 3.63) is 24.3 Å². The SMILES string of the molecule is CC(C)(C)CCN1C(=O)CN(C2CCCCC2)c2ccccc21. The lowest BCUT2D eigenvalue weighted by Crippen LogP contribution is -2.50. The van der Waals surface area contributed by atoms with E-state index < -0.39 is 0 Å². The number of hydrogen-bond acceptors (Lipinski definition) is 2. The molecule has 23 heavy (non-hydrogen) atoms. The van der Waals surface area contributed by atoms with Crippen molar-refractivity contribution in [2.24, 2.45) is 5.41 Å². The lowest BCUT2D eigenvalue weighted by Gasteiger charge is -2.43. The summed E-state index contributed by atoms with van der Waals surface area (Å²) in [5.74, 6) is 0.263. The smallest absolute Gasteiger partial charge is 0.246 e. The maximum Gasteiger partial charge on any atom is 0.246 e. The van der Waals surface area contributed by atoms with Gasteiger partial charge < -0.3 is 9.80 Å². The molecule has 1 aliphatic carbocycles. The van der Waals surface area contributed by atoms with Crippen molar-refractivity contribution in [3.8, 4) is 0 Å². The van der Waals surface area contributed by atoms with E-state index in [2.05, 4.69) is 49.9 Å². The van der Waals surface area contributed by atoms with Crippen LogP contribution in [0.1, 0.15) is 59.3 Å². The van der Waals surface area contributed by atoms with E-state index in [-0.39, 0.29) is 11.3 Å². The minimum absolute atomic E-state index is 0.246. The minimum Gasteiger partial charge on any atom is -0.358 e. The van der Waals surface area contributed by atoms with Crippen molar-refractivity contribution in [2.45, 2.75) is 65.3 Å². The topological polar surface area (TPSA) is 23.6 Å². The first-order chi connectivity index (χ1) is 11.0. The molecular formula is C20H30N2O. The normalized spacial score (nSPS) is 19.9. The van der Waals surface area contributed by atoms with Crippen LogP contribution in [-0.4, -0.2) is 25.0 Å². The Morgan fingerprint density at radius 1 is 1.04 bits per heavy atom. The van der Waals surface area contributed by atoms with E-state index in [9.17, 15) is 4.79 Å². The van der Waals surface area contributed by atoms with E-state index in [1.165, 1.54) is 37.8 Å². The minimum atomic E-state index is 0.246. The molecule has 2 aliphatic rings. The van der Waals surface area contributed by atoms with Crippen LogP contribution in [0.2, 0.25) is 0 Å². The predicted octanol–water partition coefficient (Wildman–Crippen LogP) is 4.61. The molecule has 0 radical (unpaired) electrons. The second-order valence-electron chi connectivity index (χ2n) is 8.26. The molecule has 0 bridgehead atoms. The number of carbonyl (C=O) groups excluding carboxylic acids is 1. The summed E-state index contributed by atoms with van der Waals surface area (Å²) in [6.45, 7) is 8.08. The quantitative estimate of drug-likeness (QED) is 0.813. The van der Waals surface area contributed by atoms with Crippen LogP contribution < -0.4 is 9.80 Å². The number of carbonyl (C=O) groups is 1. The standard InChI is InChI=1S/C20H30N2O/c1-20(2,3)13-14-21-17-11-7-8-12-18(17)22(15-19(21)23)16-9-5-4-6-10-16/h7-8,11-12,16H,4-6,9-10,13-15H2,1-3H3. The fourth-order valence-electron chi connectivity index (χ4n) is 3.80. The fraction of sp³-hybridized carbons (Fsp3) is 0.650. The van der Waals surface area contributed by atoms with Gasteiger partial charge in [-0.1, -0.05) is 52.2 Å². The van der Waals surface area contributed by atoms with E-state index in [0.29, 0.717) is 12.6 Å². The Bertz CT molecular complexity index is 555. The molecule has 0 aromatic heterocycles. The van der Waals surface area contributed by atoms with Gasteiger partial charge in [0, 0.05) is 12.6 Å². The van der Waals surface area contributed by atoms with Crippen molar-refractivity contribution in [3.63, 3.8) is 0 Å².